The summed E-state index contributed by atoms with van der Waals surface area (Å²) in [7, 11) is 0. The van der Waals surface area contributed by atoms with Crippen LogP contribution in [0.5, 0.6) is 0 Å². The summed E-state index contributed by atoms with van der Waals surface area (Å²) in [5, 5.41) is 10.0. The number of amides is 2. The lowest BCUT2D eigenvalue weighted by atomic mass is 10.1. The highest BCUT2D eigenvalue weighted by molar-refractivity contribution is 7.07. The number of carbonyl (C=O) groups excluding carboxylic acids is 2. The first-order chi connectivity index (χ1) is 12.5. The molecule has 6 heteroatoms. The highest BCUT2D eigenvalue weighted by Crippen LogP contribution is 2.23. The molecule has 0 saturated carbocycles. The number of hydrogen-bond acceptors (Lipinski definition) is 4. The molecule has 1 aromatic carbocycles. The predicted octanol–water partition coefficient (Wildman–Crippen LogP) is 3.83. The van der Waals surface area contributed by atoms with Gasteiger partial charge in [-0.3, -0.25) is 14.5 Å². The SMILES string of the molecule is CCN(CC)C(CNC(=O)c1ccc(C)c(NC(C)=O)c1)c1ccsc1. The fourth-order valence-corrected chi connectivity index (χ4v) is 3.67. The van der Waals surface area contributed by atoms with Crippen molar-refractivity contribution in [1.29, 1.82) is 0 Å². The van der Waals surface area contributed by atoms with E-state index in [9.17, 15) is 9.59 Å². The molecule has 0 fully saturated rings. The van der Waals surface area contributed by atoms with Crippen LogP contribution in [0.2, 0.25) is 0 Å². The first-order valence-electron chi connectivity index (χ1n) is 8.88. The molecule has 0 bridgehead atoms. The molecule has 2 rings (SSSR count). The summed E-state index contributed by atoms with van der Waals surface area (Å²) in [5.74, 6) is -0.284. The normalized spacial score (nSPS) is 12.0. The van der Waals surface area contributed by atoms with Crippen molar-refractivity contribution in [1.82, 2.24) is 10.2 Å². The summed E-state index contributed by atoms with van der Waals surface area (Å²) in [5.41, 5.74) is 3.36. The van der Waals surface area contributed by atoms with Crippen LogP contribution >= 0.6 is 11.3 Å². The maximum atomic E-state index is 12.6. The largest absolute Gasteiger partial charge is 0.350 e. The molecule has 2 amide bonds. The van der Waals surface area contributed by atoms with Crippen LogP contribution in [0.25, 0.3) is 0 Å². The van der Waals surface area contributed by atoms with Crippen LogP contribution < -0.4 is 10.6 Å². The lowest BCUT2D eigenvalue weighted by Crippen LogP contribution is -2.37. The van der Waals surface area contributed by atoms with Crippen LogP contribution in [-0.2, 0) is 4.79 Å². The molecule has 0 aliphatic heterocycles. The predicted molar refractivity (Wildman–Crippen MR) is 108 cm³/mol. The van der Waals surface area contributed by atoms with E-state index in [2.05, 4.69) is 46.2 Å². The second-order valence-electron chi connectivity index (χ2n) is 6.21. The number of nitrogens with one attached hydrogen (secondary N) is 2. The average molecular weight is 374 g/mol. The van der Waals surface area contributed by atoms with Crippen molar-refractivity contribution in [2.45, 2.75) is 33.7 Å². The lowest BCUT2D eigenvalue weighted by Gasteiger charge is -2.29. The molecule has 26 heavy (non-hydrogen) atoms. The fraction of sp³-hybridized carbons (Fsp3) is 0.400. The van der Waals surface area contributed by atoms with Crippen molar-refractivity contribution in [3.8, 4) is 0 Å². The van der Waals surface area contributed by atoms with Gasteiger partial charge < -0.3 is 10.6 Å². The Morgan fingerprint density at radius 3 is 2.50 bits per heavy atom. The van der Waals surface area contributed by atoms with Crippen molar-refractivity contribution in [2.75, 3.05) is 25.0 Å². The van der Waals surface area contributed by atoms with Gasteiger partial charge >= 0.3 is 0 Å². The van der Waals surface area contributed by atoms with Crippen molar-refractivity contribution in [3.05, 3.63) is 51.7 Å². The summed E-state index contributed by atoms with van der Waals surface area (Å²) in [6.07, 6.45) is 0. The Labute approximate surface area is 159 Å². The smallest absolute Gasteiger partial charge is 0.251 e. The molecule has 1 atom stereocenters. The van der Waals surface area contributed by atoms with Gasteiger partial charge in [-0.25, -0.2) is 0 Å². The van der Waals surface area contributed by atoms with Crippen LogP contribution in [-0.4, -0.2) is 36.3 Å². The Bertz CT molecular complexity index is 740. The quantitative estimate of drug-likeness (QED) is 0.739. The zero-order valence-corrected chi connectivity index (χ0v) is 16.7. The molecular formula is C20H27N3O2S. The number of aryl methyl sites for hydroxylation is 1. The van der Waals surface area contributed by atoms with Crippen LogP contribution in [0.15, 0.2) is 35.0 Å². The topological polar surface area (TPSA) is 61.4 Å². The number of likely N-dealkylation sites (N-methyl/N-ethyl adjacent to an activating group) is 1. The van der Waals surface area contributed by atoms with Gasteiger partial charge in [0, 0.05) is 24.7 Å². The minimum atomic E-state index is -0.148. The van der Waals surface area contributed by atoms with E-state index in [1.807, 2.05) is 13.0 Å². The van der Waals surface area contributed by atoms with Gasteiger partial charge in [-0.15, -0.1) is 0 Å². The summed E-state index contributed by atoms with van der Waals surface area (Å²) < 4.78 is 0. The van der Waals surface area contributed by atoms with Crippen LogP contribution in [0.3, 0.4) is 0 Å². The molecule has 140 valence electrons. The van der Waals surface area contributed by atoms with Crippen molar-refractivity contribution in [3.63, 3.8) is 0 Å². The van der Waals surface area contributed by atoms with E-state index in [1.165, 1.54) is 12.5 Å². The van der Waals surface area contributed by atoms with E-state index in [0.717, 1.165) is 18.7 Å². The first-order valence-corrected chi connectivity index (χ1v) is 9.83. The molecule has 1 aromatic heterocycles. The first kappa shape index (κ1) is 20.1. The molecule has 0 radical (unpaired) electrons. The van der Waals surface area contributed by atoms with Crippen molar-refractivity contribution in [2.24, 2.45) is 0 Å². The van der Waals surface area contributed by atoms with Gasteiger partial charge in [-0.2, -0.15) is 11.3 Å². The van der Waals surface area contributed by atoms with E-state index >= 15 is 0 Å². The van der Waals surface area contributed by atoms with Gasteiger partial charge in [0.05, 0.1) is 6.04 Å². The van der Waals surface area contributed by atoms with Gasteiger partial charge in [0.15, 0.2) is 0 Å². The van der Waals surface area contributed by atoms with Gasteiger partial charge in [0.2, 0.25) is 5.91 Å². The maximum absolute atomic E-state index is 12.6. The molecule has 1 unspecified atom stereocenters. The standard InChI is InChI=1S/C20H27N3O2S/c1-5-23(6-2)19(17-9-10-26-13-17)12-21-20(25)16-8-7-14(3)18(11-16)22-15(4)24/h7-11,13,19H,5-6,12H2,1-4H3,(H,21,25)(H,22,24). The summed E-state index contributed by atoms with van der Waals surface area (Å²) in [6, 6.07) is 7.62. The highest BCUT2D eigenvalue weighted by atomic mass is 32.1. The molecule has 0 saturated heterocycles. The number of benzene rings is 1. The zero-order valence-electron chi connectivity index (χ0n) is 15.8. The Hall–Kier alpha value is -2.18. The third-order valence-corrected chi connectivity index (χ3v) is 5.15. The van der Waals surface area contributed by atoms with Gasteiger partial charge in [-0.05, 0) is 60.1 Å². The van der Waals surface area contributed by atoms with Crippen molar-refractivity contribution < 1.29 is 9.59 Å². The Morgan fingerprint density at radius 2 is 1.92 bits per heavy atom. The van der Waals surface area contributed by atoms with Crippen LogP contribution in [0.1, 0.15) is 48.3 Å². The molecule has 2 aromatic rings. The second kappa shape index (κ2) is 9.50. The Balaban J connectivity index is 2.11. The van der Waals surface area contributed by atoms with Crippen LogP contribution in [0.4, 0.5) is 5.69 Å². The summed E-state index contributed by atoms with van der Waals surface area (Å²) in [6.45, 7) is 10.0. The Morgan fingerprint density at radius 1 is 1.19 bits per heavy atom. The lowest BCUT2D eigenvalue weighted by molar-refractivity contribution is -0.114. The number of carbonyl (C=O) groups is 2. The zero-order chi connectivity index (χ0) is 19.1. The average Bonchev–Trinajstić information content (AvgIpc) is 3.14. The van der Waals surface area contributed by atoms with Crippen molar-refractivity contribution >= 4 is 28.8 Å². The van der Waals surface area contributed by atoms with E-state index in [4.69, 9.17) is 0 Å². The third-order valence-electron chi connectivity index (χ3n) is 4.45. The molecule has 0 aliphatic carbocycles. The van der Waals surface area contributed by atoms with Gasteiger partial charge in [-0.1, -0.05) is 19.9 Å². The maximum Gasteiger partial charge on any atom is 0.251 e. The molecule has 0 spiro atoms. The summed E-state index contributed by atoms with van der Waals surface area (Å²) in [4.78, 5) is 26.3. The van der Waals surface area contributed by atoms with E-state index in [1.54, 1.807) is 23.5 Å². The minimum Gasteiger partial charge on any atom is -0.350 e. The molecule has 2 N–H and O–H groups in total. The van der Waals surface area contributed by atoms with E-state index in [0.29, 0.717) is 17.8 Å². The number of thiophene rings is 1. The number of hydrogen-bond donors (Lipinski definition) is 2. The second-order valence-corrected chi connectivity index (χ2v) is 6.99. The highest BCUT2D eigenvalue weighted by Gasteiger charge is 2.19. The van der Waals surface area contributed by atoms with E-state index < -0.39 is 0 Å². The minimum absolute atomic E-state index is 0.135. The van der Waals surface area contributed by atoms with Crippen LogP contribution in [0, 0.1) is 6.92 Å². The number of nitrogens with zero attached hydrogens (tertiary/aromatic N) is 1. The number of rotatable bonds is 8. The third kappa shape index (κ3) is 5.16. The number of anilines is 1. The van der Waals surface area contributed by atoms with Gasteiger partial charge in [0.25, 0.3) is 5.91 Å². The fourth-order valence-electron chi connectivity index (χ4n) is 2.97. The molecule has 5 nitrogen and oxygen atoms in total. The summed E-state index contributed by atoms with van der Waals surface area (Å²) >= 11 is 1.67. The molecular weight excluding hydrogens is 346 g/mol. The molecule has 0 aliphatic rings. The van der Waals surface area contributed by atoms with Gasteiger partial charge in [0.1, 0.15) is 0 Å². The monoisotopic (exact) mass is 373 g/mol. The Kier molecular flexibility index (Phi) is 7.36. The van der Waals surface area contributed by atoms with E-state index in [-0.39, 0.29) is 17.9 Å². The molecule has 1 heterocycles.